The van der Waals surface area contributed by atoms with Gasteiger partial charge in [0.25, 0.3) is 5.56 Å². The van der Waals surface area contributed by atoms with Crippen LogP contribution in [-0.2, 0) is 30.5 Å². The van der Waals surface area contributed by atoms with Crippen LogP contribution in [0.4, 0.5) is 5.69 Å². The van der Waals surface area contributed by atoms with E-state index in [0.29, 0.717) is 12.2 Å². The highest BCUT2D eigenvalue weighted by Crippen LogP contribution is 2.34. The van der Waals surface area contributed by atoms with Crippen LogP contribution in [-0.4, -0.2) is 15.9 Å². The lowest BCUT2D eigenvalue weighted by Crippen LogP contribution is -2.16. The van der Waals surface area contributed by atoms with Crippen molar-refractivity contribution in [1.82, 2.24) is 9.97 Å². The zero-order valence-corrected chi connectivity index (χ0v) is 15.5. The fraction of sp³-hybridized carbons (Fsp3) is 0.350. The number of thiophene rings is 1. The van der Waals surface area contributed by atoms with Gasteiger partial charge in [-0.25, -0.2) is 4.98 Å². The number of fused-ring (bicyclic) bond motifs is 3. The van der Waals surface area contributed by atoms with E-state index in [0.717, 1.165) is 41.6 Å². The summed E-state index contributed by atoms with van der Waals surface area (Å²) in [4.78, 5) is 34.1. The molecule has 134 valence electrons. The molecular formula is C20H21N3O2S. The van der Waals surface area contributed by atoms with E-state index >= 15 is 0 Å². The van der Waals surface area contributed by atoms with Crippen LogP contribution >= 0.6 is 11.3 Å². The van der Waals surface area contributed by atoms with Crippen molar-refractivity contribution >= 4 is 33.1 Å². The van der Waals surface area contributed by atoms with E-state index in [1.54, 1.807) is 11.3 Å². The van der Waals surface area contributed by atoms with Gasteiger partial charge in [0.2, 0.25) is 5.91 Å². The molecule has 0 fully saturated rings. The summed E-state index contributed by atoms with van der Waals surface area (Å²) < 4.78 is 0. The monoisotopic (exact) mass is 367 g/mol. The van der Waals surface area contributed by atoms with Crippen LogP contribution < -0.4 is 10.9 Å². The van der Waals surface area contributed by atoms with Gasteiger partial charge >= 0.3 is 0 Å². The number of hydrogen-bond donors (Lipinski definition) is 2. The number of nitrogens with zero attached hydrogens (tertiary/aromatic N) is 1. The molecule has 1 aliphatic carbocycles. The molecule has 1 amide bonds. The molecule has 0 aliphatic heterocycles. The Kier molecular flexibility index (Phi) is 4.59. The smallest absolute Gasteiger partial charge is 0.259 e. The normalized spacial score (nSPS) is 13.1. The van der Waals surface area contributed by atoms with Gasteiger partial charge in [-0.05, 0) is 48.9 Å². The van der Waals surface area contributed by atoms with Gasteiger partial charge < -0.3 is 10.3 Å². The summed E-state index contributed by atoms with van der Waals surface area (Å²) in [6.07, 6.45) is 4.82. The third-order valence-electron chi connectivity index (χ3n) is 4.86. The molecule has 2 aromatic heterocycles. The fourth-order valence-electron chi connectivity index (χ4n) is 3.44. The summed E-state index contributed by atoms with van der Waals surface area (Å²) in [7, 11) is 0. The second-order valence-corrected chi connectivity index (χ2v) is 7.73. The van der Waals surface area contributed by atoms with Crippen LogP contribution in [0.2, 0.25) is 0 Å². The van der Waals surface area contributed by atoms with Gasteiger partial charge in [0.15, 0.2) is 0 Å². The van der Waals surface area contributed by atoms with Crippen LogP contribution in [0.25, 0.3) is 10.2 Å². The van der Waals surface area contributed by atoms with Gasteiger partial charge in [-0.1, -0.05) is 19.1 Å². The SMILES string of the molecule is CCc1ccc(NC(=O)CCc2nc3sc4c(c3c(=O)[nH]2)CCC4)cc1. The number of aryl methyl sites for hydroxylation is 4. The summed E-state index contributed by atoms with van der Waals surface area (Å²) in [6, 6.07) is 7.85. The van der Waals surface area contributed by atoms with Gasteiger partial charge in [-0.2, -0.15) is 0 Å². The van der Waals surface area contributed by atoms with Crippen LogP contribution in [0.1, 0.15) is 41.6 Å². The minimum absolute atomic E-state index is 0.0695. The molecule has 0 saturated heterocycles. The van der Waals surface area contributed by atoms with E-state index in [1.165, 1.54) is 16.0 Å². The predicted octanol–water partition coefficient (Wildman–Crippen LogP) is 3.61. The molecule has 6 heteroatoms. The Balaban J connectivity index is 1.44. The molecule has 0 saturated carbocycles. The maximum atomic E-state index is 12.4. The van der Waals surface area contributed by atoms with Gasteiger partial charge in [0.1, 0.15) is 10.7 Å². The summed E-state index contributed by atoms with van der Waals surface area (Å²) in [6.45, 7) is 2.10. The standard InChI is InChI=1S/C20H21N3O2S/c1-2-12-6-8-13(9-7-12)21-17(24)11-10-16-22-19(25)18-14-4-3-5-15(14)26-20(18)23-16/h6-9H,2-5,10-11H2,1H3,(H,21,24)(H,22,23,25). The van der Waals surface area contributed by atoms with Crippen molar-refractivity contribution in [1.29, 1.82) is 0 Å². The molecular weight excluding hydrogens is 346 g/mol. The maximum absolute atomic E-state index is 12.4. The third-order valence-corrected chi connectivity index (χ3v) is 6.04. The minimum Gasteiger partial charge on any atom is -0.326 e. The second-order valence-electron chi connectivity index (χ2n) is 6.65. The van der Waals surface area contributed by atoms with E-state index in [9.17, 15) is 9.59 Å². The molecule has 0 spiro atoms. The van der Waals surface area contributed by atoms with Crippen molar-refractivity contribution in [2.24, 2.45) is 0 Å². The van der Waals surface area contributed by atoms with Gasteiger partial charge in [-0.15, -0.1) is 11.3 Å². The van der Waals surface area contributed by atoms with Gasteiger partial charge in [0, 0.05) is 23.4 Å². The minimum atomic E-state index is -0.0781. The first-order chi connectivity index (χ1) is 12.6. The number of anilines is 1. The number of carbonyl (C=O) groups excluding carboxylic acids is 1. The van der Waals surface area contributed by atoms with Crippen LogP contribution in [0.15, 0.2) is 29.1 Å². The Morgan fingerprint density at radius 2 is 2.08 bits per heavy atom. The van der Waals surface area contributed by atoms with Crippen LogP contribution in [0, 0.1) is 0 Å². The summed E-state index contributed by atoms with van der Waals surface area (Å²) in [5.74, 6) is 0.504. The highest BCUT2D eigenvalue weighted by molar-refractivity contribution is 7.18. The molecule has 1 aliphatic rings. The van der Waals surface area contributed by atoms with E-state index in [4.69, 9.17) is 0 Å². The lowest BCUT2D eigenvalue weighted by molar-refractivity contribution is -0.116. The lowest BCUT2D eigenvalue weighted by atomic mass is 10.1. The molecule has 0 atom stereocenters. The molecule has 0 radical (unpaired) electrons. The first-order valence-corrected chi connectivity index (χ1v) is 9.88. The predicted molar refractivity (Wildman–Crippen MR) is 105 cm³/mol. The van der Waals surface area contributed by atoms with E-state index in [-0.39, 0.29) is 17.9 Å². The number of amides is 1. The molecule has 0 bridgehead atoms. The first kappa shape index (κ1) is 17.0. The zero-order chi connectivity index (χ0) is 18.1. The molecule has 1 aromatic carbocycles. The number of rotatable bonds is 5. The summed E-state index contributed by atoms with van der Waals surface area (Å²) >= 11 is 1.62. The number of H-pyrrole nitrogens is 1. The first-order valence-electron chi connectivity index (χ1n) is 9.06. The number of aromatic nitrogens is 2. The lowest BCUT2D eigenvalue weighted by Gasteiger charge is -2.06. The number of carbonyl (C=O) groups is 1. The molecule has 2 heterocycles. The van der Waals surface area contributed by atoms with Crippen LogP contribution in [0.3, 0.4) is 0 Å². The second kappa shape index (κ2) is 7.03. The average Bonchev–Trinajstić information content (AvgIpc) is 3.21. The van der Waals surface area contributed by atoms with Crippen LogP contribution in [0.5, 0.6) is 0 Å². The third kappa shape index (κ3) is 3.29. The van der Waals surface area contributed by atoms with Crippen molar-refractivity contribution < 1.29 is 4.79 Å². The van der Waals surface area contributed by atoms with Crippen molar-refractivity contribution in [2.45, 2.75) is 45.4 Å². The number of benzene rings is 1. The Bertz CT molecular complexity index is 1020. The molecule has 5 nitrogen and oxygen atoms in total. The van der Waals surface area contributed by atoms with Crippen molar-refractivity contribution in [3.63, 3.8) is 0 Å². The van der Waals surface area contributed by atoms with Crippen molar-refractivity contribution in [3.8, 4) is 0 Å². The zero-order valence-electron chi connectivity index (χ0n) is 14.7. The molecule has 0 unspecified atom stereocenters. The van der Waals surface area contributed by atoms with E-state index in [2.05, 4.69) is 22.2 Å². The largest absolute Gasteiger partial charge is 0.326 e. The van der Waals surface area contributed by atoms with Crippen molar-refractivity contribution in [2.75, 3.05) is 5.32 Å². The van der Waals surface area contributed by atoms with E-state index in [1.807, 2.05) is 24.3 Å². The Morgan fingerprint density at radius 3 is 2.85 bits per heavy atom. The highest BCUT2D eigenvalue weighted by atomic mass is 32.1. The average molecular weight is 367 g/mol. The van der Waals surface area contributed by atoms with Gasteiger partial charge in [0.05, 0.1) is 5.39 Å². The number of nitrogens with one attached hydrogen (secondary N) is 2. The maximum Gasteiger partial charge on any atom is 0.259 e. The van der Waals surface area contributed by atoms with Gasteiger partial charge in [-0.3, -0.25) is 9.59 Å². The molecule has 2 N–H and O–H groups in total. The number of aromatic amines is 1. The van der Waals surface area contributed by atoms with Crippen molar-refractivity contribution in [3.05, 3.63) is 56.4 Å². The molecule has 4 rings (SSSR count). The fourth-order valence-corrected chi connectivity index (χ4v) is 4.73. The molecule has 26 heavy (non-hydrogen) atoms. The summed E-state index contributed by atoms with van der Waals surface area (Å²) in [5.41, 5.74) is 3.14. The topological polar surface area (TPSA) is 74.8 Å². The Morgan fingerprint density at radius 1 is 1.27 bits per heavy atom. The molecule has 3 aromatic rings. The quantitative estimate of drug-likeness (QED) is 0.723. The summed E-state index contributed by atoms with van der Waals surface area (Å²) in [5, 5.41) is 3.65. The Hall–Kier alpha value is -2.47. The van der Waals surface area contributed by atoms with E-state index < -0.39 is 0 Å². The number of hydrogen-bond acceptors (Lipinski definition) is 4. The Labute approximate surface area is 155 Å². The highest BCUT2D eigenvalue weighted by Gasteiger charge is 2.21.